The lowest BCUT2D eigenvalue weighted by molar-refractivity contribution is 0.100. The van der Waals surface area contributed by atoms with Gasteiger partial charge in [-0.05, 0) is 42.0 Å². The lowest BCUT2D eigenvalue weighted by atomic mass is 10.2. The first kappa shape index (κ1) is 11.1. The average molecular weight is 228 g/mol. The third kappa shape index (κ3) is 3.04. The van der Waals surface area contributed by atoms with Crippen LogP contribution in [0.5, 0.6) is 5.75 Å². The second-order valence-electron chi connectivity index (χ2n) is 3.53. The molecule has 0 atom stereocenters. The average Bonchev–Trinajstić information content (AvgIpc) is 2.38. The number of nitrogens with two attached hydrogens (primary N) is 1. The highest BCUT2D eigenvalue weighted by Gasteiger charge is 2.00. The van der Waals surface area contributed by atoms with Crippen LogP contribution in [-0.4, -0.2) is 10.9 Å². The minimum atomic E-state index is -0.439. The van der Waals surface area contributed by atoms with Gasteiger partial charge in [-0.3, -0.25) is 9.78 Å². The summed E-state index contributed by atoms with van der Waals surface area (Å²) in [5.41, 5.74) is 6.66. The fraction of sp³-hybridized carbons (Fsp3) is 0.0769. The number of carbonyl (C=O) groups excluding carboxylic acids is 1. The summed E-state index contributed by atoms with van der Waals surface area (Å²) in [4.78, 5) is 14.8. The highest BCUT2D eigenvalue weighted by atomic mass is 16.5. The molecule has 4 nitrogen and oxygen atoms in total. The van der Waals surface area contributed by atoms with Crippen LogP contribution >= 0.6 is 0 Å². The molecule has 1 heterocycles. The number of primary amides is 1. The Balaban J connectivity index is 1.98. The van der Waals surface area contributed by atoms with E-state index in [1.54, 1.807) is 36.7 Å². The Hall–Kier alpha value is -2.36. The Labute approximate surface area is 99.1 Å². The molecule has 4 heteroatoms. The van der Waals surface area contributed by atoms with E-state index in [2.05, 4.69) is 4.98 Å². The maximum atomic E-state index is 10.9. The van der Waals surface area contributed by atoms with Crippen molar-refractivity contribution in [3.05, 3.63) is 59.9 Å². The quantitative estimate of drug-likeness (QED) is 0.867. The van der Waals surface area contributed by atoms with Crippen LogP contribution in [0.2, 0.25) is 0 Å². The van der Waals surface area contributed by atoms with Crippen molar-refractivity contribution in [1.29, 1.82) is 0 Å². The molecule has 0 saturated carbocycles. The molecule has 0 aliphatic rings. The normalized spacial score (nSPS) is 9.88. The molecule has 17 heavy (non-hydrogen) atoms. The predicted octanol–water partition coefficient (Wildman–Crippen LogP) is 1.76. The standard InChI is InChI=1S/C13H12N2O2/c14-13(16)11-1-3-12(4-2-11)17-9-10-5-7-15-8-6-10/h1-8H,9H2,(H2,14,16). The van der Waals surface area contributed by atoms with Gasteiger partial charge in [0, 0.05) is 18.0 Å². The van der Waals surface area contributed by atoms with E-state index in [0.717, 1.165) is 5.56 Å². The fourth-order valence-corrected chi connectivity index (χ4v) is 1.36. The zero-order chi connectivity index (χ0) is 12.1. The number of benzene rings is 1. The Bertz CT molecular complexity index is 495. The van der Waals surface area contributed by atoms with Gasteiger partial charge < -0.3 is 10.5 Å². The van der Waals surface area contributed by atoms with E-state index in [0.29, 0.717) is 17.9 Å². The van der Waals surface area contributed by atoms with Crippen molar-refractivity contribution < 1.29 is 9.53 Å². The van der Waals surface area contributed by atoms with E-state index in [4.69, 9.17) is 10.5 Å². The number of carbonyl (C=O) groups is 1. The van der Waals surface area contributed by atoms with Gasteiger partial charge in [-0.15, -0.1) is 0 Å². The fourth-order valence-electron chi connectivity index (χ4n) is 1.36. The summed E-state index contributed by atoms with van der Waals surface area (Å²) in [6, 6.07) is 10.5. The lowest BCUT2D eigenvalue weighted by Crippen LogP contribution is -2.10. The second kappa shape index (κ2) is 5.12. The molecule has 0 saturated heterocycles. The first-order chi connectivity index (χ1) is 8.25. The van der Waals surface area contributed by atoms with Crippen molar-refractivity contribution in [2.75, 3.05) is 0 Å². The van der Waals surface area contributed by atoms with Crippen LogP contribution in [0, 0.1) is 0 Å². The first-order valence-corrected chi connectivity index (χ1v) is 5.17. The number of nitrogens with zero attached hydrogens (tertiary/aromatic N) is 1. The largest absolute Gasteiger partial charge is 0.489 e. The number of hydrogen-bond donors (Lipinski definition) is 1. The molecule has 2 aromatic rings. The van der Waals surface area contributed by atoms with Gasteiger partial charge in [0.05, 0.1) is 0 Å². The molecule has 0 radical (unpaired) electrons. The monoisotopic (exact) mass is 228 g/mol. The van der Waals surface area contributed by atoms with Crippen LogP contribution in [-0.2, 0) is 6.61 Å². The van der Waals surface area contributed by atoms with Crippen LogP contribution in [0.3, 0.4) is 0 Å². The molecule has 2 rings (SSSR count). The lowest BCUT2D eigenvalue weighted by Gasteiger charge is -2.06. The molecular formula is C13H12N2O2. The molecule has 0 spiro atoms. The minimum Gasteiger partial charge on any atom is -0.489 e. The van der Waals surface area contributed by atoms with Gasteiger partial charge in [-0.2, -0.15) is 0 Å². The molecular weight excluding hydrogens is 216 g/mol. The third-order valence-corrected chi connectivity index (χ3v) is 2.29. The van der Waals surface area contributed by atoms with Crippen molar-refractivity contribution >= 4 is 5.91 Å². The first-order valence-electron chi connectivity index (χ1n) is 5.17. The molecule has 86 valence electrons. The maximum absolute atomic E-state index is 10.9. The van der Waals surface area contributed by atoms with Crippen molar-refractivity contribution in [2.45, 2.75) is 6.61 Å². The van der Waals surface area contributed by atoms with E-state index in [-0.39, 0.29) is 0 Å². The van der Waals surface area contributed by atoms with Gasteiger partial charge in [0.1, 0.15) is 12.4 Å². The number of aromatic nitrogens is 1. The number of rotatable bonds is 4. The van der Waals surface area contributed by atoms with E-state index in [1.165, 1.54) is 0 Å². The topological polar surface area (TPSA) is 65.2 Å². The van der Waals surface area contributed by atoms with Crippen LogP contribution in [0.1, 0.15) is 15.9 Å². The highest BCUT2D eigenvalue weighted by Crippen LogP contribution is 2.13. The van der Waals surface area contributed by atoms with Crippen LogP contribution in [0.15, 0.2) is 48.8 Å². The number of ether oxygens (including phenoxy) is 1. The smallest absolute Gasteiger partial charge is 0.248 e. The Kier molecular flexibility index (Phi) is 3.35. The van der Waals surface area contributed by atoms with Gasteiger partial charge >= 0.3 is 0 Å². The molecule has 0 bridgehead atoms. The maximum Gasteiger partial charge on any atom is 0.248 e. The number of pyridine rings is 1. The van der Waals surface area contributed by atoms with Crippen molar-refractivity contribution in [2.24, 2.45) is 5.73 Å². The molecule has 0 aliphatic carbocycles. The molecule has 0 fully saturated rings. The van der Waals surface area contributed by atoms with Crippen molar-refractivity contribution in [3.8, 4) is 5.75 Å². The summed E-state index contributed by atoms with van der Waals surface area (Å²) >= 11 is 0. The molecule has 1 aromatic heterocycles. The third-order valence-electron chi connectivity index (χ3n) is 2.29. The minimum absolute atomic E-state index is 0.439. The molecule has 0 unspecified atom stereocenters. The Morgan fingerprint density at radius 1 is 1.12 bits per heavy atom. The van der Waals surface area contributed by atoms with Gasteiger partial charge in [-0.25, -0.2) is 0 Å². The van der Waals surface area contributed by atoms with Crippen LogP contribution in [0.4, 0.5) is 0 Å². The summed E-state index contributed by atoms with van der Waals surface area (Å²) in [6.07, 6.45) is 3.43. The summed E-state index contributed by atoms with van der Waals surface area (Å²) in [5.74, 6) is 0.262. The van der Waals surface area contributed by atoms with Gasteiger partial charge in [0.2, 0.25) is 5.91 Å². The Morgan fingerprint density at radius 2 is 1.76 bits per heavy atom. The van der Waals surface area contributed by atoms with Gasteiger partial charge in [0.15, 0.2) is 0 Å². The zero-order valence-corrected chi connectivity index (χ0v) is 9.17. The molecule has 0 aliphatic heterocycles. The summed E-state index contributed by atoms with van der Waals surface area (Å²) in [5, 5.41) is 0. The Morgan fingerprint density at radius 3 is 2.35 bits per heavy atom. The van der Waals surface area contributed by atoms with E-state index < -0.39 is 5.91 Å². The van der Waals surface area contributed by atoms with E-state index in [9.17, 15) is 4.79 Å². The SMILES string of the molecule is NC(=O)c1ccc(OCc2ccncc2)cc1. The molecule has 1 aromatic carbocycles. The molecule has 2 N–H and O–H groups in total. The van der Waals surface area contributed by atoms with Crippen molar-refractivity contribution in [1.82, 2.24) is 4.98 Å². The predicted molar refractivity (Wildman–Crippen MR) is 63.5 cm³/mol. The van der Waals surface area contributed by atoms with Gasteiger partial charge in [-0.1, -0.05) is 0 Å². The van der Waals surface area contributed by atoms with Crippen LogP contribution < -0.4 is 10.5 Å². The molecule has 1 amide bonds. The zero-order valence-electron chi connectivity index (χ0n) is 9.17. The number of hydrogen-bond acceptors (Lipinski definition) is 3. The second-order valence-corrected chi connectivity index (χ2v) is 3.53. The summed E-state index contributed by atoms with van der Waals surface area (Å²) in [6.45, 7) is 0.471. The van der Waals surface area contributed by atoms with E-state index in [1.807, 2.05) is 12.1 Å². The van der Waals surface area contributed by atoms with Gasteiger partial charge in [0.25, 0.3) is 0 Å². The van der Waals surface area contributed by atoms with E-state index >= 15 is 0 Å². The van der Waals surface area contributed by atoms with Crippen LogP contribution in [0.25, 0.3) is 0 Å². The number of amides is 1. The summed E-state index contributed by atoms with van der Waals surface area (Å²) in [7, 11) is 0. The summed E-state index contributed by atoms with van der Waals surface area (Å²) < 4.78 is 5.55. The van der Waals surface area contributed by atoms with Crippen molar-refractivity contribution in [3.63, 3.8) is 0 Å². The highest BCUT2D eigenvalue weighted by molar-refractivity contribution is 5.92.